The van der Waals surface area contributed by atoms with Crippen LogP contribution in [-0.4, -0.2) is 97.3 Å². The molecule has 0 aromatic carbocycles. The monoisotopic (exact) mass is 602 g/mol. The quantitative estimate of drug-likeness (QED) is 0.123. The predicted molar refractivity (Wildman–Crippen MR) is 160 cm³/mol. The van der Waals surface area contributed by atoms with Crippen molar-refractivity contribution in [2.24, 2.45) is 35.5 Å². The fourth-order valence-corrected chi connectivity index (χ4v) is 5.99. The Hall–Kier alpha value is -1.37. The number of carboxylic acids is 1. The lowest BCUT2D eigenvalue weighted by molar-refractivity contribution is -0.317. The van der Waals surface area contributed by atoms with Crippen molar-refractivity contribution >= 4 is 5.97 Å². The molecule has 1 rings (SSSR count). The molecule has 0 aliphatic carbocycles. The van der Waals surface area contributed by atoms with Gasteiger partial charge in [0, 0.05) is 11.8 Å². The highest BCUT2D eigenvalue weighted by atomic mass is 16.7. The first-order chi connectivity index (χ1) is 19.5. The minimum absolute atomic E-state index is 0.0140. The average molecular weight is 603 g/mol. The summed E-state index contributed by atoms with van der Waals surface area (Å²) in [4.78, 5) is 11.3. The Morgan fingerprint density at radius 2 is 1.38 bits per heavy atom. The third kappa shape index (κ3) is 11.0. The molecule has 1 heterocycles. The van der Waals surface area contributed by atoms with E-state index in [0.29, 0.717) is 23.0 Å². The lowest BCUT2D eigenvalue weighted by Crippen LogP contribution is -2.60. The summed E-state index contributed by atoms with van der Waals surface area (Å²) in [6.45, 7) is 16.7. The van der Waals surface area contributed by atoms with E-state index in [1.54, 1.807) is 26.8 Å². The van der Waals surface area contributed by atoms with Gasteiger partial charge >= 0.3 is 5.97 Å². The van der Waals surface area contributed by atoms with E-state index in [4.69, 9.17) is 9.47 Å². The van der Waals surface area contributed by atoms with Gasteiger partial charge in [-0.1, -0.05) is 60.1 Å². The molecule has 246 valence electrons. The summed E-state index contributed by atoms with van der Waals surface area (Å²) in [6, 6.07) is 0. The standard InChI is InChI=1S/C32H58O10/c1-10-16(2)11-17(3)12-21(7)30(42-32-29(38)28(37)27(36)24(15-33)41-32)22(8)14-19(5)25(34)18(4)13-20(6)26(35)23(9)31(39)40/h13-14,16-18,21-30,32-38H,10-12,15H2,1-9H3,(H,39,40). The van der Waals surface area contributed by atoms with E-state index in [1.807, 2.05) is 13.0 Å². The molecule has 1 saturated heterocycles. The molecule has 14 atom stereocenters. The van der Waals surface area contributed by atoms with Crippen LogP contribution >= 0.6 is 0 Å². The molecule has 0 radical (unpaired) electrons. The van der Waals surface area contributed by atoms with Gasteiger partial charge in [-0.15, -0.1) is 0 Å². The van der Waals surface area contributed by atoms with E-state index in [0.717, 1.165) is 19.3 Å². The van der Waals surface area contributed by atoms with Crippen molar-refractivity contribution in [3.63, 3.8) is 0 Å². The lowest BCUT2D eigenvalue weighted by atomic mass is 9.82. The Morgan fingerprint density at radius 3 is 1.90 bits per heavy atom. The number of ether oxygens (including phenoxy) is 2. The second kappa shape index (κ2) is 17.8. The fraction of sp³-hybridized carbons (Fsp3) is 0.844. The molecule has 0 aromatic rings. The maximum atomic E-state index is 11.3. The Bertz CT molecular complexity index is 873. The lowest BCUT2D eigenvalue weighted by Gasteiger charge is -2.42. The summed E-state index contributed by atoms with van der Waals surface area (Å²) < 4.78 is 12.0. The Balaban J connectivity index is 3.23. The van der Waals surface area contributed by atoms with Gasteiger partial charge in [0.25, 0.3) is 0 Å². The third-order valence-corrected chi connectivity index (χ3v) is 8.84. The molecule has 7 N–H and O–H groups in total. The highest BCUT2D eigenvalue weighted by molar-refractivity contribution is 5.70. The predicted octanol–water partition coefficient (Wildman–Crippen LogP) is 2.88. The second-order valence-electron chi connectivity index (χ2n) is 12.9. The SMILES string of the molecule is CCC(C)CC(C)CC(C)C(OC1OC(CO)C(O)C(O)C1O)C(C)C=C(C)C(O)C(C)C=C(C)C(O)C(C)C(=O)O. The van der Waals surface area contributed by atoms with Crippen LogP contribution in [0, 0.1) is 35.5 Å². The average Bonchev–Trinajstić information content (AvgIpc) is 2.93. The molecule has 14 unspecified atom stereocenters. The first-order valence-corrected chi connectivity index (χ1v) is 15.4. The van der Waals surface area contributed by atoms with Gasteiger partial charge in [-0.25, -0.2) is 0 Å². The van der Waals surface area contributed by atoms with Crippen LogP contribution in [0.3, 0.4) is 0 Å². The van der Waals surface area contributed by atoms with Crippen LogP contribution in [0.1, 0.15) is 81.6 Å². The van der Waals surface area contributed by atoms with Crippen LogP contribution in [-0.2, 0) is 14.3 Å². The molecular weight excluding hydrogens is 544 g/mol. The summed E-state index contributed by atoms with van der Waals surface area (Å²) in [5, 5.41) is 71.4. The van der Waals surface area contributed by atoms with Crippen LogP contribution in [0.15, 0.2) is 23.3 Å². The zero-order valence-corrected chi connectivity index (χ0v) is 26.9. The van der Waals surface area contributed by atoms with Gasteiger partial charge in [0.05, 0.1) is 30.8 Å². The number of carboxylic acid groups (broad SMARTS) is 1. The highest BCUT2D eigenvalue weighted by Gasteiger charge is 2.45. The van der Waals surface area contributed by atoms with E-state index < -0.39 is 73.4 Å². The third-order valence-electron chi connectivity index (χ3n) is 8.84. The van der Waals surface area contributed by atoms with Crippen molar-refractivity contribution in [2.45, 2.75) is 131 Å². The van der Waals surface area contributed by atoms with E-state index in [9.17, 15) is 40.5 Å². The van der Waals surface area contributed by atoms with Crippen molar-refractivity contribution in [2.75, 3.05) is 6.61 Å². The molecule has 1 aliphatic heterocycles. The number of hydrogen-bond acceptors (Lipinski definition) is 9. The molecule has 0 saturated carbocycles. The molecule has 0 amide bonds. The summed E-state index contributed by atoms with van der Waals surface area (Å²) in [5.41, 5.74) is 1.12. The van der Waals surface area contributed by atoms with Gasteiger partial charge in [0.2, 0.25) is 0 Å². The number of carbonyl (C=O) groups is 1. The molecule has 1 aliphatic rings. The largest absolute Gasteiger partial charge is 0.481 e. The number of hydrogen-bond donors (Lipinski definition) is 7. The molecular formula is C32H58O10. The van der Waals surface area contributed by atoms with Crippen molar-refractivity contribution < 1.29 is 50.0 Å². The van der Waals surface area contributed by atoms with E-state index in [-0.39, 0.29) is 11.8 Å². The normalized spacial score (nSPS) is 30.5. The van der Waals surface area contributed by atoms with Gasteiger partial charge in [-0.2, -0.15) is 0 Å². The number of aliphatic hydroxyl groups is 6. The Labute approximate surface area is 252 Å². The smallest absolute Gasteiger partial charge is 0.309 e. The van der Waals surface area contributed by atoms with Gasteiger partial charge in [-0.05, 0) is 62.5 Å². The molecule has 42 heavy (non-hydrogen) atoms. The number of aliphatic carboxylic acids is 1. The van der Waals surface area contributed by atoms with Crippen LogP contribution in [0.4, 0.5) is 0 Å². The molecule has 10 heteroatoms. The molecule has 0 spiro atoms. The van der Waals surface area contributed by atoms with E-state index in [2.05, 4.69) is 27.7 Å². The Morgan fingerprint density at radius 1 is 0.833 bits per heavy atom. The second-order valence-corrected chi connectivity index (χ2v) is 12.9. The molecule has 10 nitrogen and oxygen atoms in total. The van der Waals surface area contributed by atoms with Crippen molar-refractivity contribution in [1.29, 1.82) is 0 Å². The van der Waals surface area contributed by atoms with E-state index in [1.165, 1.54) is 6.92 Å². The molecule has 1 fully saturated rings. The summed E-state index contributed by atoms with van der Waals surface area (Å²) in [7, 11) is 0. The minimum Gasteiger partial charge on any atom is -0.481 e. The topological polar surface area (TPSA) is 177 Å². The van der Waals surface area contributed by atoms with Gasteiger partial charge < -0.3 is 45.2 Å². The van der Waals surface area contributed by atoms with Gasteiger partial charge in [0.15, 0.2) is 6.29 Å². The molecule has 0 bridgehead atoms. The number of aliphatic hydroxyl groups excluding tert-OH is 6. The minimum atomic E-state index is -1.55. The summed E-state index contributed by atoms with van der Waals surface area (Å²) in [5.74, 6) is -1.82. The maximum Gasteiger partial charge on any atom is 0.309 e. The van der Waals surface area contributed by atoms with Crippen LogP contribution < -0.4 is 0 Å². The molecule has 0 aromatic heterocycles. The maximum absolute atomic E-state index is 11.3. The van der Waals surface area contributed by atoms with Crippen LogP contribution in [0.25, 0.3) is 0 Å². The van der Waals surface area contributed by atoms with Gasteiger partial charge in [-0.3, -0.25) is 4.79 Å². The highest BCUT2D eigenvalue weighted by Crippen LogP contribution is 2.32. The number of rotatable bonds is 17. The fourth-order valence-electron chi connectivity index (χ4n) is 5.99. The van der Waals surface area contributed by atoms with Crippen molar-refractivity contribution in [1.82, 2.24) is 0 Å². The first-order valence-electron chi connectivity index (χ1n) is 15.4. The van der Waals surface area contributed by atoms with Crippen molar-refractivity contribution in [3.05, 3.63) is 23.3 Å². The summed E-state index contributed by atoms with van der Waals surface area (Å²) in [6.07, 6.45) is -2.98. The van der Waals surface area contributed by atoms with Crippen molar-refractivity contribution in [3.8, 4) is 0 Å². The zero-order valence-electron chi connectivity index (χ0n) is 26.9. The summed E-state index contributed by atoms with van der Waals surface area (Å²) >= 11 is 0. The first kappa shape index (κ1) is 38.7. The van der Waals surface area contributed by atoms with E-state index >= 15 is 0 Å². The zero-order chi connectivity index (χ0) is 32.5. The van der Waals surface area contributed by atoms with Crippen LogP contribution in [0.2, 0.25) is 0 Å². The Kier molecular flexibility index (Phi) is 16.4. The van der Waals surface area contributed by atoms with Crippen LogP contribution in [0.5, 0.6) is 0 Å². The van der Waals surface area contributed by atoms with Gasteiger partial charge in [0.1, 0.15) is 24.4 Å².